The molecule has 0 amide bonds. The van der Waals surface area contributed by atoms with E-state index in [0.29, 0.717) is 32.1 Å². The molecule has 0 saturated heterocycles. The number of hydrogen-bond acceptors (Lipinski definition) is 7. The van der Waals surface area contributed by atoms with Crippen LogP contribution in [0.4, 0.5) is 0 Å². The van der Waals surface area contributed by atoms with E-state index >= 15 is 0 Å². The number of aromatic nitrogens is 1. The predicted molar refractivity (Wildman–Crippen MR) is 112 cm³/mol. The fraction of sp³-hybridized carbons (Fsp3) is 0.136. The maximum atomic E-state index is 13.3. The van der Waals surface area contributed by atoms with E-state index in [1.807, 2.05) is 0 Å². The van der Waals surface area contributed by atoms with Crippen LogP contribution in [0.25, 0.3) is 6.08 Å². The molecule has 1 unspecified atom stereocenters. The van der Waals surface area contributed by atoms with Crippen LogP contribution < -0.4 is 24.4 Å². The Bertz CT molecular complexity index is 1430. The zero-order chi connectivity index (χ0) is 21.7. The number of aromatic hydroxyl groups is 1. The van der Waals surface area contributed by atoms with Gasteiger partial charge in [0.25, 0.3) is 5.56 Å². The molecule has 3 aromatic rings. The molecular weight excluding hydrogens is 420 g/mol. The Hall–Kier alpha value is -3.85. The summed E-state index contributed by atoms with van der Waals surface area (Å²) in [5.41, 5.74) is 1.35. The van der Waals surface area contributed by atoms with Crippen molar-refractivity contribution in [1.29, 1.82) is 0 Å². The number of phenols is 1. The molecular formula is C22H16N2O6S. The highest BCUT2D eigenvalue weighted by Gasteiger charge is 2.33. The van der Waals surface area contributed by atoms with E-state index in [1.165, 1.54) is 28.0 Å². The van der Waals surface area contributed by atoms with Gasteiger partial charge in [-0.25, -0.2) is 9.79 Å². The van der Waals surface area contributed by atoms with Crippen molar-refractivity contribution in [2.45, 2.75) is 13.0 Å². The summed E-state index contributed by atoms with van der Waals surface area (Å²) in [6, 6.07) is 10.7. The van der Waals surface area contributed by atoms with Gasteiger partial charge in [-0.15, -0.1) is 0 Å². The molecule has 9 heteroatoms. The smallest absolute Gasteiger partial charge is 0.335 e. The zero-order valence-electron chi connectivity index (χ0n) is 16.2. The maximum Gasteiger partial charge on any atom is 0.335 e. The molecule has 2 N–H and O–H groups in total. The number of ether oxygens (including phenoxy) is 2. The van der Waals surface area contributed by atoms with Crippen LogP contribution in [-0.4, -0.2) is 27.5 Å². The van der Waals surface area contributed by atoms with Gasteiger partial charge in [-0.05, 0) is 48.4 Å². The first-order chi connectivity index (χ1) is 14.9. The number of carboxylic acids is 1. The summed E-state index contributed by atoms with van der Waals surface area (Å²) in [6.07, 6.45) is 1.69. The molecule has 0 spiro atoms. The minimum absolute atomic E-state index is 0.0300. The fourth-order valence-corrected chi connectivity index (χ4v) is 4.76. The van der Waals surface area contributed by atoms with E-state index in [4.69, 9.17) is 9.47 Å². The van der Waals surface area contributed by atoms with Gasteiger partial charge in [-0.2, -0.15) is 0 Å². The van der Waals surface area contributed by atoms with E-state index in [9.17, 15) is 19.8 Å². The Morgan fingerprint density at radius 3 is 2.68 bits per heavy atom. The number of allylic oxidation sites excluding steroid dienone is 1. The van der Waals surface area contributed by atoms with Crippen molar-refractivity contribution in [2.75, 3.05) is 6.79 Å². The molecule has 8 nitrogen and oxygen atoms in total. The predicted octanol–water partition coefficient (Wildman–Crippen LogP) is 1.75. The molecule has 2 aliphatic rings. The van der Waals surface area contributed by atoms with Crippen LogP contribution >= 0.6 is 11.3 Å². The number of phenolic OH excluding ortho intramolecular Hbond substituents is 1. The highest BCUT2D eigenvalue weighted by molar-refractivity contribution is 7.07. The number of nitrogens with zero attached hydrogens (tertiary/aromatic N) is 2. The standard InChI is InChI=1S/C22H16N2O6S/c1-11-18(21(27)28)19(13-4-7-15-16(9-13)30-10-29-15)24-20(26)17(31-22(24)23-11)8-12-2-5-14(25)6-3-12/h2-9,19,25H,10H2,1H3,(H,27,28)/b17-8+. The molecule has 5 rings (SSSR count). The van der Waals surface area contributed by atoms with Crippen LogP contribution in [0, 0.1) is 0 Å². The molecule has 0 saturated carbocycles. The third kappa shape index (κ3) is 3.19. The number of carboxylic acid groups (broad SMARTS) is 1. The van der Waals surface area contributed by atoms with Crippen molar-refractivity contribution in [1.82, 2.24) is 4.57 Å². The van der Waals surface area contributed by atoms with Crippen LogP contribution in [-0.2, 0) is 4.79 Å². The molecule has 0 radical (unpaired) electrons. The van der Waals surface area contributed by atoms with E-state index < -0.39 is 12.0 Å². The molecule has 1 atom stereocenters. The quantitative estimate of drug-likeness (QED) is 0.647. The summed E-state index contributed by atoms with van der Waals surface area (Å²) in [7, 11) is 0. The third-order valence-electron chi connectivity index (χ3n) is 5.16. The summed E-state index contributed by atoms with van der Waals surface area (Å²) in [5, 5.41) is 19.4. The first kappa shape index (κ1) is 19.1. The van der Waals surface area contributed by atoms with Crippen molar-refractivity contribution >= 4 is 23.4 Å². The van der Waals surface area contributed by atoms with Gasteiger partial charge in [0.2, 0.25) is 6.79 Å². The SMILES string of the molecule is CC1=C(C(=O)O)C(c2ccc3c(c2)OCO3)n2c(s/c(=C/c3ccc(O)cc3)c2=O)=N1. The average Bonchev–Trinajstić information content (AvgIpc) is 3.32. The highest BCUT2D eigenvalue weighted by atomic mass is 32.1. The third-order valence-corrected chi connectivity index (χ3v) is 6.14. The van der Waals surface area contributed by atoms with Gasteiger partial charge in [0.05, 0.1) is 21.8 Å². The number of aliphatic carboxylic acids is 1. The molecule has 2 aromatic carbocycles. The molecule has 0 bridgehead atoms. The number of benzene rings is 2. The van der Waals surface area contributed by atoms with Crippen molar-refractivity contribution in [2.24, 2.45) is 4.99 Å². The second-order valence-electron chi connectivity index (χ2n) is 7.09. The minimum Gasteiger partial charge on any atom is -0.508 e. The van der Waals surface area contributed by atoms with Gasteiger partial charge in [-0.3, -0.25) is 9.36 Å². The van der Waals surface area contributed by atoms with Crippen LogP contribution in [0.15, 0.2) is 63.5 Å². The van der Waals surface area contributed by atoms with Gasteiger partial charge in [0, 0.05) is 0 Å². The second-order valence-corrected chi connectivity index (χ2v) is 8.10. The van der Waals surface area contributed by atoms with Crippen molar-refractivity contribution in [3.8, 4) is 17.2 Å². The van der Waals surface area contributed by atoms with Gasteiger partial charge in [0.15, 0.2) is 16.3 Å². The summed E-state index contributed by atoms with van der Waals surface area (Å²) >= 11 is 1.19. The van der Waals surface area contributed by atoms with E-state index in [-0.39, 0.29) is 23.7 Å². The number of fused-ring (bicyclic) bond motifs is 2. The number of hydrogen-bond donors (Lipinski definition) is 2. The molecule has 2 aliphatic heterocycles. The Kier molecular flexibility index (Phi) is 4.40. The van der Waals surface area contributed by atoms with E-state index in [1.54, 1.807) is 43.3 Å². The first-order valence-electron chi connectivity index (χ1n) is 9.37. The zero-order valence-corrected chi connectivity index (χ0v) is 17.0. The Morgan fingerprint density at radius 1 is 1.19 bits per heavy atom. The fourth-order valence-electron chi connectivity index (χ4n) is 3.72. The maximum absolute atomic E-state index is 13.3. The lowest BCUT2D eigenvalue weighted by Gasteiger charge is -2.23. The Morgan fingerprint density at radius 2 is 1.94 bits per heavy atom. The van der Waals surface area contributed by atoms with Crippen LogP contribution in [0.5, 0.6) is 17.2 Å². The van der Waals surface area contributed by atoms with E-state index in [2.05, 4.69) is 4.99 Å². The van der Waals surface area contributed by atoms with Gasteiger partial charge >= 0.3 is 5.97 Å². The number of rotatable bonds is 3. The summed E-state index contributed by atoms with van der Waals surface area (Å²) in [4.78, 5) is 30.3. The largest absolute Gasteiger partial charge is 0.508 e. The molecule has 0 fully saturated rings. The second kappa shape index (κ2) is 7.13. The molecule has 156 valence electrons. The lowest BCUT2D eigenvalue weighted by Crippen LogP contribution is -2.39. The molecule has 3 heterocycles. The van der Waals surface area contributed by atoms with E-state index in [0.717, 1.165) is 5.56 Å². The van der Waals surface area contributed by atoms with Crippen molar-refractivity contribution in [3.05, 3.63) is 84.5 Å². The monoisotopic (exact) mass is 436 g/mol. The Labute approximate surface area is 179 Å². The number of carbonyl (C=O) groups is 1. The lowest BCUT2D eigenvalue weighted by molar-refractivity contribution is -0.133. The lowest BCUT2D eigenvalue weighted by atomic mass is 9.95. The average molecular weight is 436 g/mol. The normalized spacial score (nSPS) is 17.5. The number of thiazole rings is 1. The molecule has 1 aromatic heterocycles. The molecule has 0 aliphatic carbocycles. The van der Waals surface area contributed by atoms with Crippen LogP contribution in [0.3, 0.4) is 0 Å². The summed E-state index contributed by atoms with van der Waals surface area (Å²) < 4.78 is 12.6. The topological polar surface area (TPSA) is 110 Å². The van der Waals surface area contributed by atoms with Gasteiger partial charge in [0.1, 0.15) is 5.75 Å². The first-order valence-corrected chi connectivity index (χ1v) is 10.2. The summed E-state index contributed by atoms with van der Waals surface area (Å²) in [6.45, 7) is 1.72. The van der Waals surface area contributed by atoms with Gasteiger partial charge < -0.3 is 19.7 Å². The highest BCUT2D eigenvalue weighted by Crippen LogP contribution is 2.37. The van der Waals surface area contributed by atoms with Crippen molar-refractivity contribution < 1.29 is 24.5 Å². The van der Waals surface area contributed by atoms with Crippen LogP contribution in [0.1, 0.15) is 24.1 Å². The Balaban J connectivity index is 1.73. The van der Waals surface area contributed by atoms with Crippen LogP contribution in [0.2, 0.25) is 0 Å². The summed E-state index contributed by atoms with van der Waals surface area (Å²) in [5.74, 6) is 0.0593. The van der Waals surface area contributed by atoms with Gasteiger partial charge in [-0.1, -0.05) is 29.5 Å². The minimum atomic E-state index is -1.14. The van der Waals surface area contributed by atoms with Crippen molar-refractivity contribution in [3.63, 3.8) is 0 Å². The molecule has 31 heavy (non-hydrogen) atoms.